The lowest BCUT2D eigenvalue weighted by molar-refractivity contribution is 0.0435. The van der Waals surface area contributed by atoms with Gasteiger partial charge < -0.3 is 5.32 Å². The first-order chi connectivity index (χ1) is 10.3. The summed E-state index contributed by atoms with van der Waals surface area (Å²) < 4.78 is 0. The number of carbonyl (C=O) groups is 1. The van der Waals surface area contributed by atoms with E-state index in [0.29, 0.717) is 17.8 Å². The number of carbonyl (C=O) groups excluding carboxylic acids is 1. The van der Waals surface area contributed by atoms with Crippen molar-refractivity contribution in [2.45, 2.75) is 6.54 Å². The molecule has 1 aromatic carbocycles. The van der Waals surface area contributed by atoms with E-state index in [2.05, 4.69) is 15.8 Å². The molecular formula is C15H14N4O2. The number of anilines is 1. The lowest BCUT2D eigenvalue weighted by Crippen LogP contribution is -2.25. The SMILES string of the molecule is N#CCONC(=O)c1ccncc1NCc1ccccc1. The van der Waals surface area contributed by atoms with E-state index in [1.807, 2.05) is 30.3 Å². The van der Waals surface area contributed by atoms with Gasteiger partial charge in [0.2, 0.25) is 0 Å². The summed E-state index contributed by atoms with van der Waals surface area (Å²) in [6, 6.07) is 13.2. The molecule has 0 aliphatic rings. The molecule has 106 valence electrons. The second kappa shape index (κ2) is 7.62. The van der Waals surface area contributed by atoms with Crippen LogP contribution in [0.3, 0.4) is 0 Å². The maximum absolute atomic E-state index is 11.9. The number of hydrogen-bond acceptors (Lipinski definition) is 5. The van der Waals surface area contributed by atoms with E-state index in [4.69, 9.17) is 10.1 Å². The van der Waals surface area contributed by atoms with Gasteiger partial charge in [0.05, 0.1) is 23.5 Å². The first kappa shape index (κ1) is 14.5. The van der Waals surface area contributed by atoms with Crippen molar-refractivity contribution in [3.8, 4) is 6.07 Å². The highest BCUT2D eigenvalue weighted by Gasteiger charge is 2.11. The Bertz CT molecular complexity index is 638. The van der Waals surface area contributed by atoms with Gasteiger partial charge in [0.15, 0.2) is 6.61 Å². The number of aromatic nitrogens is 1. The fourth-order valence-electron chi connectivity index (χ4n) is 1.72. The monoisotopic (exact) mass is 282 g/mol. The highest BCUT2D eigenvalue weighted by Crippen LogP contribution is 2.14. The zero-order valence-electron chi connectivity index (χ0n) is 11.2. The number of nitriles is 1. The molecule has 1 heterocycles. The van der Waals surface area contributed by atoms with Crippen molar-refractivity contribution in [1.82, 2.24) is 10.5 Å². The van der Waals surface area contributed by atoms with E-state index < -0.39 is 5.91 Å². The van der Waals surface area contributed by atoms with Crippen LogP contribution in [0.5, 0.6) is 0 Å². The van der Waals surface area contributed by atoms with Crippen molar-refractivity contribution in [3.05, 3.63) is 59.9 Å². The minimum Gasteiger partial charge on any atom is -0.379 e. The molecule has 6 heteroatoms. The third-order valence-electron chi connectivity index (χ3n) is 2.69. The predicted octanol–water partition coefficient (Wildman–Crippen LogP) is 1.88. The van der Waals surface area contributed by atoms with Crippen molar-refractivity contribution < 1.29 is 9.63 Å². The van der Waals surface area contributed by atoms with Gasteiger partial charge in [0, 0.05) is 12.7 Å². The largest absolute Gasteiger partial charge is 0.379 e. The highest BCUT2D eigenvalue weighted by molar-refractivity contribution is 5.98. The van der Waals surface area contributed by atoms with Crippen LogP contribution in [0.4, 0.5) is 5.69 Å². The molecule has 2 aromatic rings. The number of benzene rings is 1. The van der Waals surface area contributed by atoms with E-state index in [1.165, 1.54) is 6.20 Å². The van der Waals surface area contributed by atoms with E-state index >= 15 is 0 Å². The molecule has 0 unspecified atom stereocenters. The molecular weight excluding hydrogens is 268 g/mol. The molecule has 0 saturated heterocycles. The third kappa shape index (κ3) is 4.30. The van der Waals surface area contributed by atoms with Crippen molar-refractivity contribution >= 4 is 11.6 Å². The molecule has 2 rings (SSSR count). The van der Waals surface area contributed by atoms with Gasteiger partial charge in [0.25, 0.3) is 5.91 Å². The Morgan fingerprint density at radius 3 is 2.86 bits per heavy atom. The molecule has 0 aliphatic carbocycles. The summed E-state index contributed by atoms with van der Waals surface area (Å²) in [5, 5.41) is 11.5. The maximum Gasteiger partial charge on any atom is 0.277 e. The molecule has 0 bridgehead atoms. The number of rotatable bonds is 6. The normalized spacial score (nSPS) is 9.67. The summed E-state index contributed by atoms with van der Waals surface area (Å²) in [6.45, 7) is 0.371. The van der Waals surface area contributed by atoms with E-state index in [1.54, 1.807) is 18.3 Å². The van der Waals surface area contributed by atoms with Crippen LogP contribution in [0.1, 0.15) is 15.9 Å². The summed E-state index contributed by atoms with van der Waals surface area (Å²) in [5.41, 5.74) is 4.30. The Morgan fingerprint density at radius 2 is 2.10 bits per heavy atom. The van der Waals surface area contributed by atoms with Crippen LogP contribution < -0.4 is 10.8 Å². The van der Waals surface area contributed by atoms with Gasteiger partial charge in [0.1, 0.15) is 0 Å². The predicted molar refractivity (Wildman–Crippen MR) is 77.0 cm³/mol. The van der Waals surface area contributed by atoms with Crippen LogP contribution in [0.25, 0.3) is 0 Å². The van der Waals surface area contributed by atoms with Gasteiger partial charge in [-0.1, -0.05) is 30.3 Å². The van der Waals surface area contributed by atoms with Crippen LogP contribution in [-0.2, 0) is 11.4 Å². The minimum atomic E-state index is -0.428. The molecule has 0 aliphatic heterocycles. The molecule has 21 heavy (non-hydrogen) atoms. The second-order valence-electron chi connectivity index (χ2n) is 4.14. The Labute approximate surface area is 122 Å². The van der Waals surface area contributed by atoms with Gasteiger partial charge in [-0.2, -0.15) is 5.26 Å². The summed E-state index contributed by atoms with van der Waals surface area (Å²) in [6.07, 6.45) is 3.09. The second-order valence-corrected chi connectivity index (χ2v) is 4.14. The quantitative estimate of drug-likeness (QED) is 0.624. The molecule has 6 nitrogen and oxygen atoms in total. The molecule has 0 saturated carbocycles. The van der Waals surface area contributed by atoms with E-state index in [-0.39, 0.29) is 6.61 Å². The average molecular weight is 282 g/mol. The maximum atomic E-state index is 11.9. The number of amides is 1. The Balaban J connectivity index is 2.03. The number of hydrogen-bond donors (Lipinski definition) is 2. The van der Waals surface area contributed by atoms with Crippen molar-refractivity contribution in [2.75, 3.05) is 11.9 Å². The lowest BCUT2D eigenvalue weighted by atomic mass is 10.2. The summed E-state index contributed by atoms with van der Waals surface area (Å²) in [4.78, 5) is 20.6. The zero-order chi connectivity index (χ0) is 14.9. The molecule has 0 atom stereocenters. The van der Waals surface area contributed by atoms with Crippen LogP contribution in [0.2, 0.25) is 0 Å². The Hall–Kier alpha value is -2.91. The van der Waals surface area contributed by atoms with Gasteiger partial charge in [-0.15, -0.1) is 0 Å². The van der Waals surface area contributed by atoms with Crippen LogP contribution in [0, 0.1) is 11.3 Å². The number of nitrogens with zero attached hydrogens (tertiary/aromatic N) is 2. The molecule has 0 fully saturated rings. The number of nitrogens with one attached hydrogen (secondary N) is 2. The minimum absolute atomic E-state index is 0.205. The number of hydroxylamine groups is 1. The van der Waals surface area contributed by atoms with Crippen LogP contribution >= 0.6 is 0 Å². The summed E-state index contributed by atoms with van der Waals surface area (Å²) in [5.74, 6) is -0.428. The fourth-order valence-corrected chi connectivity index (χ4v) is 1.72. The molecule has 0 spiro atoms. The Morgan fingerprint density at radius 1 is 1.29 bits per heavy atom. The fraction of sp³-hybridized carbons (Fsp3) is 0.133. The van der Waals surface area contributed by atoms with Crippen LogP contribution in [-0.4, -0.2) is 17.5 Å². The van der Waals surface area contributed by atoms with Gasteiger partial charge in [-0.05, 0) is 11.6 Å². The van der Waals surface area contributed by atoms with E-state index in [9.17, 15) is 4.79 Å². The third-order valence-corrected chi connectivity index (χ3v) is 2.69. The highest BCUT2D eigenvalue weighted by atomic mass is 16.6. The van der Waals surface area contributed by atoms with Crippen LogP contribution in [0.15, 0.2) is 48.8 Å². The molecule has 1 aromatic heterocycles. The first-order valence-corrected chi connectivity index (χ1v) is 6.32. The molecule has 2 N–H and O–H groups in total. The van der Waals surface area contributed by atoms with Crippen molar-refractivity contribution in [2.24, 2.45) is 0 Å². The molecule has 1 amide bonds. The standard InChI is InChI=1S/C15H14N4O2/c16-7-9-21-19-15(20)13-6-8-17-11-14(13)18-10-12-4-2-1-3-5-12/h1-6,8,11,18H,9-10H2,(H,19,20). The zero-order valence-corrected chi connectivity index (χ0v) is 11.2. The van der Waals surface area contributed by atoms with Crippen molar-refractivity contribution in [3.63, 3.8) is 0 Å². The van der Waals surface area contributed by atoms with Crippen molar-refractivity contribution in [1.29, 1.82) is 5.26 Å². The van der Waals surface area contributed by atoms with Gasteiger partial charge in [-0.3, -0.25) is 14.6 Å². The number of pyridine rings is 1. The first-order valence-electron chi connectivity index (χ1n) is 6.32. The Kier molecular flexibility index (Phi) is 5.26. The van der Waals surface area contributed by atoms with E-state index in [0.717, 1.165) is 5.56 Å². The van der Waals surface area contributed by atoms with Gasteiger partial charge in [-0.25, -0.2) is 5.48 Å². The smallest absolute Gasteiger partial charge is 0.277 e. The lowest BCUT2D eigenvalue weighted by Gasteiger charge is -2.11. The summed E-state index contributed by atoms with van der Waals surface area (Å²) >= 11 is 0. The average Bonchev–Trinajstić information content (AvgIpc) is 2.54. The molecule has 0 radical (unpaired) electrons. The topological polar surface area (TPSA) is 87.0 Å². The van der Waals surface area contributed by atoms with Gasteiger partial charge >= 0.3 is 0 Å². The summed E-state index contributed by atoms with van der Waals surface area (Å²) in [7, 11) is 0.